The second kappa shape index (κ2) is 8.03. The number of aliphatic hydroxyl groups excluding tert-OH is 1. The van der Waals surface area contributed by atoms with Gasteiger partial charge >= 0.3 is 0 Å². The zero-order valence-electron chi connectivity index (χ0n) is 11.5. The van der Waals surface area contributed by atoms with Crippen LogP contribution in [0.5, 0.6) is 0 Å². The first-order chi connectivity index (χ1) is 8.13. The van der Waals surface area contributed by atoms with Crippen LogP contribution in [-0.2, 0) is 4.74 Å². The van der Waals surface area contributed by atoms with Gasteiger partial charge in [0.05, 0.1) is 12.7 Å². The minimum Gasteiger partial charge on any atom is -0.392 e. The summed E-state index contributed by atoms with van der Waals surface area (Å²) < 4.78 is 5.14. The largest absolute Gasteiger partial charge is 0.392 e. The topological polar surface area (TPSA) is 44.7 Å². The molecule has 1 saturated heterocycles. The van der Waals surface area contributed by atoms with E-state index in [4.69, 9.17) is 4.74 Å². The van der Waals surface area contributed by atoms with Gasteiger partial charge in [-0.3, -0.25) is 4.90 Å². The number of aliphatic hydroxyl groups is 1. The lowest BCUT2D eigenvalue weighted by atomic mass is 10.1. The van der Waals surface area contributed by atoms with Crippen molar-refractivity contribution in [2.75, 3.05) is 39.9 Å². The Balaban J connectivity index is 2.35. The Hall–Kier alpha value is -0.160. The van der Waals surface area contributed by atoms with Gasteiger partial charge in [0.25, 0.3) is 0 Å². The maximum absolute atomic E-state index is 9.97. The summed E-state index contributed by atoms with van der Waals surface area (Å²) in [4.78, 5) is 2.32. The molecule has 0 radical (unpaired) electrons. The van der Waals surface area contributed by atoms with E-state index < -0.39 is 0 Å². The normalized spacial score (nSPS) is 22.6. The van der Waals surface area contributed by atoms with Crippen LogP contribution in [-0.4, -0.2) is 62.0 Å². The van der Waals surface area contributed by atoms with Gasteiger partial charge in [0.15, 0.2) is 0 Å². The smallest absolute Gasteiger partial charge is 0.0690 e. The Bertz CT molecular complexity index is 190. The molecule has 0 aromatic heterocycles. The Morgan fingerprint density at radius 1 is 1.47 bits per heavy atom. The highest BCUT2D eigenvalue weighted by Crippen LogP contribution is 2.09. The third-order valence-corrected chi connectivity index (χ3v) is 3.47. The van der Waals surface area contributed by atoms with Crippen molar-refractivity contribution in [1.29, 1.82) is 0 Å². The number of nitrogens with zero attached hydrogens (tertiary/aromatic N) is 1. The average molecular weight is 244 g/mol. The highest BCUT2D eigenvalue weighted by atomic mass is 16.5. The summed E-state index contributed by atoms with van der Waals surface area (Å²) in [6, 6.07) is 0.589. The minimum atomic E-state index is -0.242. The monoisotopic (exact) mass is 244 g/mol. The lowest BCUT2D eigenvalue weighted by molar-refractivity contribution is 0.0591. The summed E-state index contributed by atoms with van der Waals surface area (Å²) in [6.07, 6.45) is 2.28. The van der Waals surface area contributed by atoms with E-state index in [1.54, 1.807) is 7.11 Å². The van der Waals surface area contributed by atoms with E-state index in [0.717, 1.165) is 32.8 Å². The molecule has 0 saturated carbocycles. The molecule has 0 bridgehead atoms. The zero-order valence-corrected chi connectivity index (χ0v) is 11.5. The predicted octanol–water partition coefficient (Wildman–Crippen LogP) is 0.704. The van der Waals surface area contributed by atoms with Gasteiger partial charge in [-0.2, -0.15) is 0 Å². The SMILES string of the molecule is COCCN(CC1CCCN1)CC(O)C(C)C. The molecule has 1 aliphatic heterocycles. The molecule has 0 amide bonds. The average Bonchev–Trinajstić information content (AvgIpc) is 2.78. The van der Waals surface area contributed by atoms with E-state index in [1.165, 1.54) is 12.8 Å². The summed E-state index contributed by atoms with van der Waals surface area (Å²) in [5.74, 6) is 0.316. The number of rotatable bonds is 8. The number of nitrogens with one attached hydrogen (secondary N) is 1. The van der Waals surface area contributed by atoms with Gasteiger partial charge in [-0.15, -0.1) is 0 Å². The Morgan fingerprint density at radius 2 is 2.24 bits per heavy atom. The minimum absolute atomic E-state index is 0.242. The zero-order chi connectivity index (χ0) is 12.7. The fourth-order valence-electron chi connectivity index (χ4n) is 2.18. The number of hydrogen-bond donors (Lipinski definition) is 2. The molecular weight excluding hydrogens is 216 g/mol. The first-order valence-electron chi connectivity index (χ1n) is 6.76. The number of ether oxygens (including phenoxy) is 1. The van der Waals surface area contributed by atoms with Gasteiger partial charge in [0, 0.05) is 32.8 Å². The molecular formula is C13H28N2O2. The van der Waals surface area contributed by atoms with Gasteiger partial charge in [-0.1, -0.05) is 13.8 Å². The molecule has 1 aliphatic rings. The van der Waals surface area contributed by atoms with Crippen LogP contribution in [0.2, 0.25) is 0 Å². The first-order valence-corrected chi connectivity index (χ1v) is 6.76. The molecule has 17 heavy (non-hydrogen) atoms. The van der Waals surface area contributed by atoms with Gasteiger partial charge in [-0.05, 0) is 25.3 Å². The van der Waals surface area contributed by atoms with E-state index in [2.05, 4.69) is 24.1 Å². The second-order valence-corrected chi connectivity index (χ2v) is 5.36. The lowest BCUT2D eigenvalue weighted by Crippen LogP contribution is -2.43. The molecule has 4 nitrogen and oxygen atoms in total. The van der Waals surface area contributed by atoms with Gasteiger partial charge in [0.2, 0.25) is 0 Å². The molecule has 4 heteroatoms. The van der Waals surface area contributed by atoms with Crippen molar-refractivity contribution in [2.24, 2.45) is 5.92 Å². The standard InChI is InChI=1S/C13H28N2O2/c1-11(2)13(16)10-15(7-8-17-3)9-12-5-4-6-14-12/h11-14,16H,4-10H2,1-3H3. The third-order valence-electron chi connectivity index (χ3n) is 3.47. The van der Waals surface area contributed by atoms with E-state index in [9.17, 15) is 5.11 Å². The highest BCUT2D eigenvalue weighted by molar-refractivity contribution is 4.79. The number of hydrogen-bond acceptors (Lipinski definition) is 4. The van der Waals surface area contributed by atoms with Crippen LogP contribution in [0.3, 0.4) is 0 Å². The molecule has 1 fully saturated rings. The van der Waals surface area contributed by atoms with Crippen molar-refractivity contribution < 1.29 is 9.84 Å². The Morgan fingerprint density at radius 3 is 2.76 bits per heavy atom. The molecule has 0 aromatic carbocycles. The lowest BCUT2D eigenvalue weighted by Gasteiger charge is -2.28. The summed E-state index contributed by atoms with van der Waals surface area (Å²) in [5, 5.41) is 13.5. The van der Waals surface area contributed by atoms with Crippen molar-refractivity contribution in [3.63, 3.8) is 0 Å². The van der Waals surface area contributed by atoms with Gasteiger partial charge in [-0.25, -0.2) is 0 Å². The van der Waals surface area contributed by atoms with Crippen molar-refractivity contribution in [3.8, 4) is 0 Å². The quantitative estimate of drug-likeness (QED) is 0.660. The van der Waals surface area contributed by atoms with Crippen LogP contribution in [0.25, 0.3) is 0 Å². The molecule has 1 heterocycles. The number of methoxy groups -OCH3 is 1. The van der Waals surface area contributed by atoms with Gasteiger partial charge in [0.1, 0.15) is 0 Å². The van der Waals surface area contributed by atoms with Crippen LogP contribution in [0.4, 0.5) is 0 Å². The molecule has 0 aliphatic carbocycles. The summed E-state index contributed by atoms with van der Waals surface area (Å²) in [5.41, 5.74) is 0. The molecule has 2 N–H and O–H groups in total. The van der Waals surface area contributed by atoms with Crippen LogP contribution in [0.1, 0.15) is 26.7 Å². The molecule has 0 spiro atoms. The van der Waals surface area contributed by atoms with E-state index >= 15 is 0 Å². The van der Waals surface area contributed by atoms with E-state index in [0.29, 0.717) is 12.0 Å². The van der Waals surface area contributed by atoms with Crippen molar-refractivity contribution >= 4 is 0 Å². The highest BCUT2D eigenvalue weighted by Gasteiger charge is 2.20. The molecule has 1 rings (SSSR count). The van der Waals surface area contributed by atoms with E-state index in [-0.39, 0.29) is 6.10 Å². The molecule has 102 valence electrons. The van der Waals surface area contributed by atoms with Crippen molar-refractivity contribution in [3.05, 3.63) is 0 Å². The second-order valence-electron chi connectivity index (χ2n) is 5.36. The van der Waals surface area contributed by atoms with Crippen LogP contribution >= 0.6 is 0 Å². The first kappa shape index (κ1) is 14.9. The predicted molar refractivity (Wildman–Crippen MR) is 70.2 cm³/mol. The summed E-state index contributed by atoms with van der Waals surface area (Å²) in [6.45, 7) is 8.66. The van der Waals surface area contributed by atoms with Crippen molar-refractivity contribution in [2.45, 2.75) is 38.8 Å². The maximum atomic E-state index is 9.97. The van der Waals surface area contributed by atoms with Crippen LogP contribution in [0, 0.1) is 5.92 Å². The Labute approximate surface area is 105 Å². The third kappa shape index (κ3) is 5.82. The molecule has 2 unspecified atom stereocenters. The van der Waals surface area contributed by atoms with Crippen LogP contribution in [0.15, 0.2) is 0 Å². The fraction of sp³-hybridized carbons (Fsp3) is 1.00. The molecule has 2 atom stereocenters. The summed E-state index contributed by atoms with van der Waals surface area (Å²) in [7, 11) is 1.73. The van der Waals surface area contributed by atoms with Gasteiger partial charge < -0.3 is 15.2 Å². The molecule has 0 aromatic rings. The van der Waals surface area contributed by atoms with Crippen LogP contribution < -0.4 is 5.32 Å². The maximum Gasteiger partial charge on any atom is 0.0690 e. The van der Waals surface area contributed by atoms with Crippen molar-refractivity contribution in [1.82, 2.24) is 10.2 Å². The Kier molecular flexibility index (Phi) is 7.04. The van der Waals surface area contributed by atoms with E-state index in [1.807, 2.05) is 0 Å². The summed E-state index contributed by atoms with van der Waals surface area (Å²) >= 11 is 0. The fourth-order valence-corrected chi connectivity index (χ4v) is 2.18.